The zero-order valence-electron chi connectivity index (χ0n) is 12.1. The van der Waals surface area contributed by atoms with Gasteiger partial charge < -0.3 is 9.47 Å². The summed E-state index contributed by atoms with van der Waals surface area (Å²) in [7, 11) is 0. The van der Waals surface area contributed by atoms with Gasteiger partial charge >= 0.3 is 0 Å². The molecule has 1 atom stereocenters. The topological polar surface area (TPSA) is 18.5 Å². The van der Waals surface area contributed by atoms with Crippen LogP contribution < -0.4 is 4.74 Å². The fourth-order valence-corrected chi connectivity index (χ4v) is 2.70. The molecule has 0 amide bonds. The standard InChI is InChI=1S/C16H24O2/c1-6-12-8-7-9-13(10-12)17-14-11-15(2,3)18-16(14,4)5/h7-10,14H,6,11H2,1-5H3. The van der Waals surface area contributed by atoms with E-state index in [0.717, 1.165) is 18.6 Å². The Morgan fingerprint density at radius 1 is 1.28 bits per heavy atom. The van der Waals surface area contributed by atoms with Gasteiger partial charge in [-0.1, -0.05) is 19.1 Å². The SMILES string of the molecule is CCc1cccc(OC2CC(C)(C)OC2(C)C)c1. The van der Waals surface area contributed by atoms with Gasteiger partial charge in [-0.25, -0.2) is 0 Å². The first-order valence-electron chi connectivity index (χ1n) is 6.78. The molecule has 1 fully saturated rings. The largest absolute Gasteiger partial charge is 0.487 e. The Hall–Kier alpha value is -1.02. The van der Waals surface area contributed by atoms with Gasteiger partial charge in [-0.2, -0.15) is 0 Å². The van der Waals surface area contributed by atoms with Gasteiger partial charge in [0.05, 0.1) is 5.60 Å². The summed E-state index contributed by atoms with van der Waals surface area (Å²) in [6.07, 6.45) is 2.07. The van der Waals surface area contributed by atoms with Crippen molar-refractivity contribution in [2.24, 2.45) is 0 Å². The third-order valence-electron chi connectivity index (χ3n) is 3.58. The van der Waals surface area contributed by atoms with E-state index >= 15 is 0 Å². The highest BCUT2D eigenvalue weighted by Gasteiger charge is 2.47. The fraction of sp³-hybridized carbons (Fsp3) is 0.625. The highest BCUT2D eigenvalue weighted by molar-refractivity contribution is 5.29. The molecule has 1 aromatic carbocycles. The highest BCUT2D eigenvalue weighted by atomic mass is 16.6. The fourth-order valence-electron chi connectivity index (χ4n) is 2.70. The Kier molecular flexibility index (Phi) is 3.41. The van der Waals surface area contributed by atoms with Crippen molar-refractivity contribution in [2.75, 3.05) is 0 Å². The van der Waals surface area contributed by atoms with Crippen LogP contribution in [0.25, 0.3) is 0 Å². The minimum atomic E-state index is -0.230. The molecule has 0 radical (unpaired) electrons. The van der Waals surface area contributed by atoms with E-state index < -0.39 is 0 Å². The first kappa shape index (κ1) is 13.4. The summed E-state index contributed by atoms with van der Waals surface area (Å²) in [6, 6.07) is 8.34. The number of benzene rings is 1. The monoisotopic (exact) mass is 248 g/mol. The van der Waals surface area contributed by atoms with Crippen LogP contribution in [0.15, 0.2) is 24.3 Å². The predicted octanol–water partition coefficient (Wildman–Crippen LogP) is 3.97. The number of aryl methyl sites for hydroxylation is 1. The van der Waals surface area contributed by atoms with Gasteiger partial charge in [-0.15, -0.1) is 0 Å². The minimum absolute atomic E-state index is 0.101. The van der Waals surface area contributed by atoms with E-state index in [9.17, 15) is 0 Å². The summed E-state index contributed by atoms with van der Waals surface area (Å²) in [5.74, 6) is 0.953. The molecule has 1 saturated heterocycles. The van der Waals surface area contributed by atoms with Crippen LogP contribution in [0.4, 0.5) is 0 Å². The van der Waals surface area contributed by atoms with E-state index in [1.165, 1.54) is 5.56 Å². The zero-order chi connectivity index (χ0) is 13.4. The zero-order valence-corrected chi connectivity index (χ0v) is 12.1. The lowest BCUT2D eigenvalue weighted by molar-refractivity contribution is -0.0846. The molecule has 2 rings (SSSR count). The molecule has 0 aromatic heterocycles. The van der Waals surface area contributed by atoms with Crippen LogP contribution in [0, 0.1) is 0 Å². The van der Waals surface area contributed by atoms with Crippen molar-refractivity contribution >= 4 is 0 Å². The molecule has 1 aliphatic heterocycles. The molecule has 2 nitrogen and oxygen atoms in total. The average Bonchev–Trinajstić information content (AvgIpc) is 2.47. The van der Waals surface area contributed by atoms with Crippen LogP contribution in [-0.2, 0) is 11.2 Å². The molecule has 1 heterocycles. The normalized spacial score (nSPS) is 25.1. The van der Waals surface area contributed by atoms with Crippen molar-refractivity contribution < 1.29 is 9.47 Å². The Morgan fingerprint density at radius 2 is 2.00 bits per heavy atom. The Balaban J connectivity index is 2.13. The van der Waals surface area contributed by atoms with E-state index in [0.29, 0.717) is 0 Å². The molecule has 0 spiro atoms. The molecule has 1 aliphatic rings. The molecule has 0 bridgehead atoms. The summed E-state index contributed by atoms with van der Waals surface area (Å²) in [6.45, 7) is 10.6. The maximum atomic E-state index is 6.14. The third kappa shape index (κ3) is 2.86. The lowest BCUT2D eigenvalue weighted by Gasteiger charge is -2.27. The molecule has 2 heteroatoms. The summed E-state index contributed by atoms with van der Waals surface area (Å²) in [4.78, 5) is 0. The molecular formula is C16H24O2. The van der Waals surface area contributed by atoms with Crippen LogP contribution in [0.5, 0.6) is 5.75 Å². The number of ether oxygens (including phenoxy) is 2. The van der Waals surface area contributed by atoms with Crippen molar-refractivity contribution in [3.63, 3.8) is 0 Å². The second kappa shape index (κ2) is 4.58. The van der Waals surface area contributed by atoms with Crippen molar-refractivity contribution in [1.29, 1.82) is 0 Å². The minimum Gasteiger partial charge on any atom is -0.487 e. The molecule has 18 heavy (non-hydrogen) atoms. The molecule has 0 N–H and O–H groups in total. The highest BCUT2D eigenvalue weighted by Crippen LogP contribution is 2.39. The van der Waals surface area contributed by atoms with Crippen LogP contribution in [-0.4, -0.2) is 17.3 Å². The first-order valence-corrected chi connectivity index (χ1v) is 6.78. The van der Waals surface area contributed by atoms with Gasteiger partial charge in [0.1, 0.15) is 17.5 Å². The lowest BCUT2D eigenvalue weighted by atomic mass is 9.97. The van der Waals surface area contributed by atoms with E-state index in [2.05, 4.69) is 52.8 Å². The number of hydrogen-bond donors (Lipinski definition) is 0. The molecule has 1 aromatic rings. The van der Waals surface area contributed by atoms with E-state index in [1.54, 1.807) is 0 Å². The van der Waals surface area contributed by atoms with Crippen molar-refractivity contribution in [3.05, 3.63) is 29.8 Å². The van der Waals surface area contributed by atoms with Gasteiger partial charge in [0.25, 0.3) is 0 Å². The number of hydrogen-bond acceptors (Lipinski definition) is 2. The molecule has 1 unspecified atom stereocenters. The maximum absolute atomic E-state index is 6.14. The van der Waals surface area contributed by atoms with Crippen molar-refractivity contribution in [1.82, 2.24) is 0 Å². The van der Waals surface area contributed by atoms with Crippen LogP contribution >= 0.6 is 0 Å². The van der Waals surface area contributed by atoms with Gasteiger partial charge in [-0.3, -0.25) is 0 Å². The third-order valence-corrected chi connectivity index (χ3v) is 3.58. The summed E-state index contributed by atoms with van der Waals surface area (Å²) in [5, 5.41) is 0. The molecular weight excluding hydrogens is 224 g/mol. The van der Waals surface area contributed by atoms with E-state index in [-0.39, 0.29) is 17.3 Å². The van der Waals surface area contributed by atoms with Crippen LogP contribution in [0.3, 0.4) is 0 Å². The van der Waals surface area contributed by atoms with E-state index in [1.807, 2.05) is 6.07 Å². The maximum Gasteiger partial charge on any atom is 0.130 e. The van der Waals surface area contributed by atoms with Crippen molar-refractivity contribution in [2.45, 2.75) is 64.8 Å². The molecule has 0 aliphatic carbocycles. The molecule has 0 saturated carbocycles. The Morgan fingerprint density at radius 3 is 2.56 bits per heavy atom. The number of rotatable bonds is 3. The quantitative estimate of drug-likeness (QED) is 0.805. The summed E-state index contributed by atoms with van der Waals surface area (Å²) < 4.78 is 12.2. The van der Waals surface area contributed by atoms with E-state index in [4.69, 9.17) is 9.47 Å². The molecule has 100 valence electrons. The average molecular weight is 248 g/mol. The summed E-state index contributed by atoms with van der Waals surface area (Å²) in [5.41, 5.74) is 0.978. The van der Waals surface area contributed by atoms with Crippen LogP contribution in [0.2, 0.25) is 0 Å². The first-order chi connectivity index (χ1) is 8.32. The Bertz CT molecular complexity index is 421. The van der Waals surface area contributed by atoms with Crippen LogP contribution in [0.1, 0.15) is 46.6 Å². The van der Waals surface area contributed by atoms with Gasteiger partial charge in [0.15, 0.2) is 0 Å². The van der Waals surface area contributed by atoms with Crippen molar-refractivity contribution in [3.8, 4) is 5.75 Å². The summed E-state index contributed by atoms with van der Waals surface area (Å²) >= 11 is 0. The predicted molar refractivity (Wildman–Crippen MR) is 74.1 cm³/mol. The second-order valence-corrected chi connectivity index (χ2v) is 6.28. The van der Waals surface area contributed by atoms with Gasteiger partial charge in [-0.05, 0) is 51.8 Å². The second-order valence-electron chi connectivity index (χ2n) is 6.28. The Labute approximate surface area is 110 Å². The smallest absolute Gasteiger partial charge is 0.130 e. The van der Waals surface area contributed by atoms with Gasteiger partial charge in [0, 0.05) is 6.42 Å². The van der Waals surface area contributed by atoms with Gasteiger partial charge in [0.2, 0.25) is 0 Å². The lowest BCUT2D eigenvalue weighted by Crippen LogP contribution is -2.36.